The predicted octanol–water partition coefficient (Wildman–Crippen LogP) is 3.88. The SMILES string of the molecule is O=C(O)C(F)(F)F.O=C(O)C(F)(F)F.O=C(c1cccnc1)N1CCCC2(CCN(c3ccccn3)C2)C1. The maximum absolute atomic E-state index is 12.8. The van der Waals surface area contributed by atoms with E-state index in [9.17, 15) is 31.1 Å². The molecule has 1 amide bonds. The average molecular weight is 550 g/mol. The van der Waals surface area contributed by atoms with Crippen molar-refractivity contribution in [3.8, 4) is 0 Å². The summed E-state index contributed by atoms with van der Waals surface area (Å²) < 4.78 is 63.5. The Labute approximate surface area is 212 Å². The van der Waals surface area contributed by atoms with Gasteiger partial charge >= 0.3 is 24.3 Å². The van der Waals surface area contributed by atoms with Crippen LogP contribution in [0.4, 0.5) is 32.2 Å². The van der Waals surface area contributed by atoms with Crippen molar-refractivity contribution in [1.29, 1.82) is 0 Å². The summed E-state index contributed by atoms with van der Waals surface area (Å²) in [7, 11) is 0. The second-order valence-corrected chi connectivity index (χ2v) is 8.54. The summed E-state index contributed by atoms with van der Waals surface area (Å²) in [6.45, 7) is 3.69. The number of halogens is 6. The molecule has 4 heterocycles. The van der Waals surface area contributed by atoms with E-state index in [0.29, 0.717) is 5.56 Å². The lowest BCUT2D eigenvalue weighted by Crippen LogP contribution is -2.47. The smallest absolute Gasteiger partial charge is 0.475 e. The molecule has 9 nitrogen and oxygen atoms in total. The lowest BCUT2D eigenvalue weighted by atomic mass is 9.79. The van der Waals surface area contributed by atoms with Crippen LogP contribution in [0.15, 0.2) is 48.9 Å². The number of carbonyl (C=O) groups is 3. The summed E-state index contributed by atoms with van der Waals surface area (Å²) >= 11 is 0. The molecule has 15 heteroatoms. The first-order valence-electron chi connectivity index (χ1n) is 11.1. The van der Waals surface area contributed by atoms with Crippen LogP contribution in [-0.2, 0) is 9.59 Å². The number of amides is 1. The van der Waals surface area contributed by atoms with E-state index in [1.54, 1.807) is 12.4 Å². The van der Waals surface area contributed by atoms with Crippen LogP contribution in [0.25, 0.3) is 0 Å². The first kappa shape index (κ1) is 30.3. The van der Waals surface area contributed by atoms with Crippen LogP contribution < -0.4 is 4.90 Å². The van der Waals surface area contributed by atoms with Crippen molar-refractivity contribution in [2.75, 3.05) is 31.1 Å². The van der Waals surface area contributed by atoms with E-state index in [4.69, 9.17) is 19.8 Å². The van der Waals surface area contributed by atoms with Crippen molar-refractivity contribution in [1.82, 2.24) is 14.9 Å². The molecule has 0 aliphatic carbocycles. The molecule has 38 heavy (non-hydrogen) atoms. The summed E-state index contributed by atoms with van der Waals surface area (Å²) in [5.41, 5.74) is 0.891. The molecule has 2 N–H and O–H groups in total. The van der Waals surface area contributed by atoms with Crippen LogP contribution in [0, 0.1) is 5.41 Å². The van der Waals surface area contributed by atoms with Gasteiger partial charge in [0.1, 0.15) is 5.82 Å². The molecule has 4 rings (SSSR count). The Hall–Kier alpha value is -3.91. The van der Waals surface area contributed by atoms with E-state index in [2.05, 4.69) is 20.9 Å². The van der Waals surface area contributed by atoms with Gasteiger partial charge in [-0.15, -0.1) is 0 Å². The van der Waals surface area contributed by atoms with Crippen molar-refractivity contribution in [3.63, 3.8) is 0 Å². The third-order valence-corrected chi connectivity index (χ3v) is 5.75. The number of alkyl halides is 6. The number of hydrogen-bond acceptors (Lipinski definition) is 6. The van der Waals surface area contributed by atoms with Gasteiger partial charge in [-0.2, -0.15) is 26.3 Å². The number of anilines is 1. The predicted molar refractivity (Wildman–Crippen MR) is 120 cm³/mol. The Bertz CT molecular complexity index is 1060. The molecular weight excluding hydrogens is 526 g/mol. The van der Waals surface area contributed by atoms with E-state index >= 15 is 0 Å². The van der Waals surface area contributed by atoms with Gasteiger partial charge in [0.2, 0.25) is 0 Å². The normalized spacial score (nSPS) is 19.1. The van der Waals surface area contributed by atoms with Gasteiger partial charge in [-0.25, -0.2) is 14.6 Å². The number of likely N-dealkylation sites (tertiary alicyclic amines) is 1. The number of carboxylic acids is 2. The molecule has 1 unspecified atom stereocenters. The molecular formula is C23H24F6N4O5. The molecule has 1 spiro atoms. The summed E-state index contributed by atoms with van der Waals surface area (Å²) in [6.07, 6.45) is -1.57. The van der Waals surface area contributed by atoms with Crippen LogP contribution >= 0.6 is 0 Å². The number of aromatic nitrogens is 2. The Morgan fingerprint density at radius 2 is 1.47 bits per heavy atom. The first-order chi connectivity index (χ1) is 17.6. The monoisotopic (exact) mass is 550 g/mol. The van der Waals surface area contributed by atoms with E-state index in [1.807, 2.05) is 35.4 Å². The number of carbonyl (C=O) groups excluding carboxylic acids is 1. The maximum atomic E-state index is 12.8. The Kier molecular flexibility index (Phi) is 10.0. The van der Waals surface area contributed by atoms with Crippen molar-refractivity contribution in [2.45, 2.75) is 31.6 Å². The van der Waals surface area contributed by atoms with Crippen LogP contribution in [0.3, 0.4) is 0 Å². The number of aliphatic carboxylic acids is 2. The number of pyridine rings is 2. The highest BCUT2D eigenvalue weighted by Crippen LogP contribution is 2.40. The minimum absolute atomic E-state index is 0.110. The molecule has 0 saturated carbocycles. The van der Waals surface area contributed by atoms with Gasteiger partial charge in [-0.1, -0.05) is 6.07 Å². The maximum Gasteiger partial charge on any atom is 0.490 e. The molecule has 2 saturated heterocycles. The van der Waals surface area contributed by atoms with Gasteiger partial charge in [0.15, 0.2) is 0 Å². The molecule has 1 atom stereocenters. The second-order valence-electron chi connectivity index (χ2n) is 8.54. The van der Waals surface area contributed by atoms with Gasteiger partial charge in [0, 0.05) is 50.2 Å². The minimum Gasteiger partial charge on any atom is -0.475 e. The van der Waals surface area contributed by atoms with Gasteiger partial charge < -0.3 is 20.0 Å². The molecule has 2 fully saturated rings. The van der Waals surface area contributed by atoms with Crippen molar-refractivity contribution in [2.24, 2.45) is 5.41 Å². The van der Waals surface area contributed by atoms with Crippen LogP contribution in [0.2, 0.25) is 0 Å². The zero-order chi connectivity index (χ0) is 28.6. The van der Waals surface area contributed by atoms with E-state index < -0.39 is 24.3 Å². The number of carboxylic acid groups (broad SMARTS) is 2. The Morgan fingerprint density at radius 1 is 0.842 bits per heavy atom. The fraction of sp³-hybridized carbons (Fsp3) is 0.435. The third kappa shape index (κ3) is 8.88. The van der Waals surface area contributed by atoms with Crippen molar-refractivity contribution < 1.29 is 50.9 Å². The summed E-state index contributed by atoms with van der Waals surface area (Å²) in [5, 5.41) is 14.2. The van der Waals surface area contributed by atoms with Gasteiger partial charge in [0.25, 0.3) is 5.91 Å². The second kappa shape index (κ2) is 12.6. The van der Waals surface area contributed by atoms with Gasteiger partial charge in [-0.05, 0) is 43.5 Å². The molecule has 2 aliphatic rings. The lowest BCUT2D eigenvalue weighted by Gasteiger charge is -2.40. The average Bonchev–Trinajstić information content (AvgIpc) is 3.27. The highest BCUT2D eigenvalue weighted by molar-refractivity contribution is 5.94. The van der Waals surface area contributed by atoms with Gasteiger partial charge in [0.05, 0.1) is 5.56 Å². The summed E-state index contributed by atoms with van der Waals surface area (Å²) in [5.74, 6) is -4.36. The zero-order valence-electron chi connectivity index (χ0n) is 19.7. The van der Waals surface area contributed by atoms with Crippen molar-refractivity contribution >= 4 is 23.7 Å². The first-order valence-corrected chi connectivity index (χ1v) is 11.1. The molecule has 0 aromatic carbocycles. The minimum atomic E-state index is -5.08. The number of piperidine rings is 1. The number of nitrogens with zero attached hydrogens (tertiary/aromatic N) is 4. The standard InChI is InChI=1S/C19H22N4O.2C2HF3O2/c24-18(16-5-3-9-20-13-16)23-11-4-7-19(15-23)8-12-22(14-19)17-6-1-2-10-21-17;2*3-2(4,5)1(6)7/h1-3,5-6,9-10,13H,4,7-8,11-12,14-15H2;2*(H,6,7). The molecule has 2 aromatic heterocycles. The highest BCUT2D eigenvalue weighted by Gasteiger charge is 2.43. The molecule has 0 radical (unpaired) electrons. The fourth-order valence-electron chi connectivity index (χ4n) is 4.06. The number of rotatable bonds is 2. The third-order valence-electron chi connectivity index (χ3n) is 5.75. The number of hydrogen-bond donors (Lipinski definition) is 2. The lowest BCUT2D eigenvalue weighted by molar-refractivity contribution is -0.193. The van der Waals surface area contributed by atoms with Crippen LogP contribution in [0.1, 0.15) is 29.6 Å². The van der Waals surface area contributed by atoms with E-state index in [1.165, 1.54) is 6.42 Å². The fourth-order valence-corrected chi connectivity index (χ4v) is 4.06. The molecule has 2 aliphatic heterocycles. The van der Waals surface area contributed by atoms with Crippen LogP contribution in [-0.4, -0.2) is 81.5 Å². The molecule has 0 bridgehead atoms. The Balaban J connectivity index is 0.000000301. The van der Waals surface area contributed by atoms with E-state index in [-0.39, 0.29) is 11.3 Å². The van der Waals surface area contributed by atoms with E-state index in [0.717, 1.165) is 44.8 Å². The highest BCUT2D eigenvalue weighted by atomic mass is 19.4. The van der Waals surface area contributed by atoms with Gasteiger partial charge in [-0.3, -0.25) is 9.78 Å². The Morgan fingerprint density at radius 3 is 1.97 bits per heavy atom. The van der Waals surface area contributed by atoms with Crippen molar-refractivity contribution in [3.05, 3.63) is 54.5 Å². The largest absolute Gasteiger partial charge is 0.490 e. The zero-order valence-corrected chi connectivity index (χ0v) is 19.7. The molecule has 2 aromatic rings. The topological polar surface area (TPSA) is 124 Å². The molecule has 208 valence electrons. The summed E-state index contributed by atoms with van der Waals surface area (Å²) in [6, 6.07) is 9.73. The summed E-state index contributed by atoms with van der Waals surface area (Å²) in [4.78, 5) is 43.5. The quantitative estimate of drug-likeness (QED) is 0.541. The van der Waals surface area contributed by atoms with Crippen LogP contribution in [0.5, 0.6) is 0 Å².